The third-order valence-electron chi connectivity index (χ3n) is 2.96. The normalized spacial score (nSPS) is 12.2. The molecule has 8 heteroatoms. The van der Waals surface area contributed by atoms with Crippen LogP contribution in [0.5, 0.6) is 11.5 Å². The summed E-state index contributed by atoms with van der Waals surface area (Å²) in [5.41, 5.74) is 1.03. The molecule has 2 N–H and O–H groups in total. The lowest BCUT2D eigenvalue weighted by molar-refractivity contribution is -0.113. The second-order valence-corrected chi connectivity index (χ2v) is 5.59. The van der Waals surface area contributed by atoms with Gasteiger partial charge in [0.25, 0.3) is 0 Å². The first-order chi connectivity index (χ1) is 10.6. The van der Waals surface area contributed by atoms with Crippen molar-refractivity contribution in [2.24, 2.45) is 0 Å². The number of rotatable bonds is 4. The highest BCUT2D eigenvalue weighted by Crippen LogP contribution is 2.34. The van der Waals surface area contributed by atoms with Crippen LogP contribution in [0.3, 0.4) is 0 Å². The Hall–Kier alpha value is -2.48. The molecule has 22 heavy (non-hydrogen) atoms. The lowest BCUT2D eigenvalue weighted by atomic mass is 10.3. The van der Waals surface area contributed by atoms with Crippen LogP contribution in [0.2, 0.25) is 0 Å². The van der Waals surface area contributed by atoms with E-state index in [4.69, 9.17) is 9.47 Å². The molecule has 0 aliphatic carbocycles. The average Bonchev–Trinajstić information content (AvgIpc) is 2.96. The third kappa shape index (κ3) is 3.22. The van der Waals surface area contributed by atoms with Gasteiger partial charge in [0.1, 0.15) is 0 Å². The minimum atomic E-state index is -0.427. The molecule has 0 radical (unpaired) electrons. The number of aromatic nitrogens is 2. The second kappa shape index (κ2) is 6.10. The average molecular weight is 319 g/mol. The van der Waals surface area contributed by atoms with Crippen LogP contribution in [0.4, 0.5) is 5.69 Å². The maximum absolute atomic E-state index is 12.0. The van der Waals surface area contributed by atoms with Crippen LogP contribution in [0.15, 0.2) is 34.2 Å². The molecular formula is C14H13N3O4S. The molecule has 2 aromatic rings. The Balaban J connectivity index is 1.61. The number of nitrogens with zero attached hydrogens (tertiary/aromatic N) is 1. The van der Waals surface area contributed by atoms with E-state index in [1.54, 1.807) is 18.2 Å². The Morgan fingerprint density at radius 3 is 3.09 bits per heavy atom. The van der Waals surface area contributed by atoms with Crippen LogP contribution in [0.25, 0.3) is 0 Å². The monoisotopic (exact) mass is 319 g/mol. The molecule has 0 saturated carbocycles. The lowest BCUT2D eigenvalue weighted by Gasteiger charge is -2.07. The number of carbonyl (C=O) groups excluding carboxylic acids is 1. The van der Waals surface area contributed by atoms with E-state index < -0.39 is 5.69 Å². The fourth-order valence-corrected chi connectivity index (χ4v) is 2.69. The minimum Gasteiger partial charge on any atom is -0.454 e. The zero-order chi connectivity index (χ0) is 15.5. The van der Waals surface area contributed by atoms with Crippen molar-refractivity contribution < 1.29 is 14.3 Å². The quantitative estimate of drug-likeness (QED) is 0.656. The Kier molecular flexibility index (Phi) is 4.01. The summed E-state index contributed by atoms with van der Waals surface area (Å²) in [7, 11) is 0. The van der Waals surface area contributed by atoms with Crippen LogP contribution in [-0.4, -0.2) is 28.4 Å². The molecule has 0 atom stereocenters. The van der Waals surface area contributed by atoms with Crippen molar-refractivity contribution >= 4 is 23.4 Å². The highest BCUT2D eigenvalue weighted by Gasteiger charge is 2.14. The van der Waals surface area contributed by atoms with Gasteiger partial charge in [-0.15, -0.1) is 0 Å². The van der Waals surface area contributed by atoms with Gasteiger partial charge in [-0.2, -0.15) is 0 Å². The topological polar surface area (TPSA) is 93.3 Å². The molecule has 1 aliphatic heterocycles. The van der Waals surface area contributed by atoms with Crippen molar-refractivity contribution in [3.63, 3.8) is 0 Å². The van der Waals surface area contributed by atoms with Crippen molar-refractivity contribution in [1.29, 1.82) is 0 Å². The number of H-pyrrole nitrogens is 1. The zero-order valence-corrected chi connectivity index (χ0v) is 12.5. The van der Waals surface area contributed by atoms with Gasteiger partial charge in [-0.3, -0.25) is 4.79 Å². The summed E-state index contributed by atoms with van der Waals surface area (Å²) in [5.74, 6) is 1.27. The maximum atomic E-state index is 12.0. The fourth-order valence-electron chi connectivity index (χ4n) is 1.90. The maximum Gasteiger partial charge on any atom is 0.345 e. The van der Waals surface area contributed by atoms with Crippen LogP contribution in [-0.2, 0) is 4.79 Å². The summed E-state index contributed by atoms with van der Waals surface area (Å²) in [5, 5.41) is 3.41. The minimum absolute atomic E-state index is 0.176. The third-order valence-corrected chi connectivity index (χ3v) is 4.08. The second-order valence-electron chi connectivity index (χ2n) is 4.61. The lowest BCUT2D eigenvalue weighted by Crippen LogP contribution is -2.16. The number of thioether (sulfide) groups is 1. The van der Waals surface area contributed by atoms with Crippen molar-refractivity contribution in [2.45, 2.75) is 11.9 Å². The molecule has 0 bridgehead atoms. The number of hydrogen-bond acceptors (Lipinski definition) is 6. The van der Waals surface area contributed by atoms with Gasteiger partial charge in [0.05, 0.1) is 10.8 Å². The van der Waals surface area contributed by atoms with E-state index in [2.05, 4.69) is 15.3 Å². The van der Waals surface area contributed by atoms with E-state index in [-0.39, 0.29) is 18.5 Å². The van der Waals surface area contributed by atoms with Crippen molar-refractivity contribution in [3.8, 4) is 11.5 Å². The first-order valence-corrected chi connectivity index (χ1v) is 7.48. The summed E-state index contributed by atoms with van der Waals surface area (Å²) in [6.45, 7) is 2.01. The van der Waals surface area contributed by atoms with E-state index in [1.165, 1.54) is 18.0 Å². The number of aromatic amines is 1. The van der Waals surface area contributed by atoms with Crippen LogP contribution >= 0.6 is 11.8 Å². The van der Waals surface area contributed by atoms with Crippen LogP contribution in [0, 0.1) is 6.92 Å². The molecule has 1 aromatic heterocycles. The highest BCUT2D eigenvalue weighted by atomic mass is 32.2. The van der Waals surface area contributed by atoms with Gasteiger partial charge >= 0.3 is 5.69 Å². The number of amides is 1. The Bertz CT molecular complexity index is 775. The largest absolute Gasteiger partial charge is 0.454 e. The molecule has 1 amide bonds. The summed E-state index contributed by atoms with van der Waals surface area (Å²) in [6, 6.07) is 5.20. The number of fused-ring (bicyclic) bond motifs is 1. The number of benzene rings is 1. The van der Waals surface area contributed by atoms with Gasteiger partial charge in [0, 0.05) is 18.0 Å². The number of ether oxygens (including phenoxy) is 2. The van der Waals surface area contributed by atoms with Gasteiger partial charge < -0.3 is 19.8 Å². The van der Waals surface area contributed by atoms with E-state index in [0.29, 0.717) is 22.2 Å². The molecule has 0 unspecified atom stereocenters. The highest BCUT2D eigenvalue weighted by molar-refractivity contribution is 8.00. The molecule has 3 rings (SSSR count). The first kappa shape index (κ1) is 14.5. The Labute approximate surface area is 130 Å². The fraction of sp³-hybridized carbons (Fsp3) is 0.214. The van der Waals surface area contributed by atoms with Gasteiger partial charge in [0.15, 0.2) is 11.5 Å². The number of carbonyl (C=O) groups is 1. The Morgan fingerprint density at radius 2 is 2.23 bits per heavy atom. The molecule has 1 aliphatic rings. The summed E-state index contributed by atoms with van der Waals surface area (Å²) in [6.07, 6.45) is 1.48. The molecule has 0 spiro atoms. The first-order valence-electron chi connectivity index (χ1n) is 6.50. The predicted octanol–water partition coefficient (Wildman–Crippen LogP) is 1.54. The van der Waals surface area contributed by atoms with Gasteiger partial charge in [-0.05, 0) is 24.6 Å². The van der Waals surface area contributed by atoms with Crippen LogP contribution < -0.4 is 20.5 Å². The number of anilines is 1. The van der Waals surface area contributed by atoms with E-state index in [1.807, 2.05) is 6.92 Å². The number of aryl methyl sites for hydroxylation is 1. The summed E-state index contributed by atoms with van der Waals surface area (Å²) in [4.78, 5) is 29.4. The van der Waals surface area contributed by atoms with Crippen molar-refractivity contribution in [1.82, 2.24) is 9.97 Å². The van der Waals surface area contributed by atoms with Gasteiger partial charge in [-0.1, -0.05) is 11.8 Å². The SMILES string of the molecule is Cc1cnc(=O)[nH]c1SCC(=O)Nc1ccc2c(c1)OCO2. The standard InChI is InChI=1S/C14H13N3O4S/c1-8-5-15-14(19)17-13(8)22-6-12(18)16-9-2-3-10-11(4-9)21-7-20-10/h2-5H,6-7H2,1H3,(H,16,18)(H,15,17,19). The summed E-state index contributed by atoms with van der Waals surface area (Å²) >= 11 is 1.25. The molecule has 0 saturated heterocycles. The zero-order valence-electron chi connectivity index (χ0n) is 11.7. The predicted molar refractivity (Wildman–Crippen MR) is 81.5 cm³/mol. The number of hydrogen-bond donors (Lipinski definition) is 2. The van der Waals surface area contributed by atoms with Gasteiger partial charge in [0.2, 0.25) is 12.7 Å². The smallest absolute Gasteiger partial charge is 0.345 e. The summed E-state index contributed by atoms with van der Waals surface area (Å²) < 4.78 is 10.5. The number of nitrogens with one attached hydrogen (secondary N) is 2. The molecule has 114 valence electrons. The van der Waals surface area contributed by atoms with Crippen molar-refractivity contribution in [2.75, 3.05) is 17.9 Å². The van der Waals surface area contributed by atoms with Gasteiger partial charge in [-0.25, -0.2) is 9.78 Å². The van der Waals surface area contributed by atoms with E-state index >= 15 is 0 Å². The molecule has 1 aromatic carbocycles. The molecule has 7 nitrogen and oxygen atoms in total. The molecule has 0 fully saturated rings. The van der Waals surface area contributed by atoms with Crippen LogP contribution in [0.1, 0.15) is 5.56 Å². The Morgan fingerprint density at radius 1 is 1.41 bits per heavy atom. The van der Waals surface area contributed by atoms with Crippen molar-refractivity contribution in [3.05, 3.63) is 40.4 Å². The van der Waals surface area contributed by atoms with E-state index in [9.17, 15) is 9.59 Å². The van der Waals surface area contributed by atoms with E-state index in [0.717, 1.165) is 5.56 Å². The molecule has 2 heterocycles. The molecular weight excluding hydrogens is 306 g/mol.